The smallest absolute Gasteiger partial charge is 0.266 e. The molecule has 0 spiro atoms. The van der Waals surface area contributed by atoms with E-state index in [4.69, 9.17) is 0 Å². The van der Waals surface area contributed by atoms with Crippen LogP contribution in [0.1, 0.15) is 33.2 Å². The Bertz CT molecular complexity index is 965. The molecular formula is C18H13N3O2. The topological polar surface area (TPSA) is 66.1 Å². The van der Waals surface area contributed by atoms with Crippen molar-refractivity contribution in [3.05, 3.63) is 65.9 Å². The summed E-state index contributed by atoms with van der Waals surface area (Å²) in [6, 6.07) is 10.5. The number of rotatable bonds is 2. The number of hydrogen-bond donors (Lipinski definition) is 1. The summed E-state index contributed by atoms with van der Waals surface area (Å²) >= 11 is 0. The molecule has 4 rings (SSSR count). The molecule has 0 bridgehead atoms. The molecule has 0 saturated carbocycles. The van der Waals surface area contributed by atoms with E-state index in [9.17, 15) is 9.59 Å². The molecule has 112 valence electrons. The van der Waals surface area contributed by atoms with E-state index in [2.05, 4.69) is 16.8 Å². The average Bonchev–Trinajstić information content (AvgIpc) is 3.10. The van der Waals surface area contributed by atoms with Gasteiger partial charge in [0.25, 0.3) is 11.8 Å². The molecule has 23 heavy (non-hydrogen) atoms. The van der Waals surface area contributed by atoms with E-state index in [1.54, 1.807) is 36.5 Å². The number of aromatic nitrogens is 2. The Kier molecular flexibility index (Phi) is 2.72. The summed E-state index contributed by atoms with van der Waals surface area (Å²) in [6.45, 7) is 5.81. The minimum absolute atomic E-state index is 0.309. The summed E-state index contributed by atoms with van der Waals surface area (Å²) in [5.74, 6) is -0.619. The van der Waals surface area contributed by atoms with Gasteiger partial charge < -0.3 is 0 Å². The molecular weight excluding hydrogens is 290 g/mol. The molecule has 2 aromatic carbocycles. The number of nitrogens with zero attached hydrogens (tertiary/aromatic N) is 2. The Hall–Kier alpha value is -3.21. The van der Waals surface area contributed by atoms with Crippen LogP contribution >= 0.6 is 0 Å². The van der Waals surface area contributed by atoms with Crippen molar-refractivity contribution in [2.45, 2.75) is 6.92 Å². The van der Waals surface area contributed by atoms with Crippen LogP contribution in [-0.2, 0) is 0 Å². The molecule has 1 N–H and O–H groups in total. The Balaban J connectivity index is 1.96. The van der Waals surface area contributed by atoms with E-state index >= 15 is 0 Å². The quantitative estimate of drug-likeness (QED) is 0.738. The van der Waals surface area contributed by atoms with E-state index in [1.165, 1.54) is 4.90 Å². The van der Waals surface area contributed by atoms with Crippen molar-refractivity contribution in [1.29, 1.82) is 0 Å². The van der Waals surface area contributed by atoms with Gasteiger partial charge >= 0.3 is 0 Å². The van der Waals surface area contributed by atoms with Gasteiger partial charge in [-0.2, -0.15) is 5.10 Å². The molecule has 0 fully saturated rings. The Labute approximate surface area is 132 Å². The summed E-state index contributed by atoms with van der Waals surface area (Å²) in [4.78, 5) is 26.6. The van der Waals surface area contributed by atoms with Crippen molar-refractivity contribution in [1.82, 2.24) is 10.2 Å². The first kappa shape index (κ1) is 13.5. The zero-order valence-corrected chi connectivity index (χ0v) is 12.5. The number of fused-ring (bicyclic) bond motifs is 2. The number of carbonyl (C=O) groups is 2. The number of allylic oxidation sites excluding steroid dienone is 1. The van der Waals surface area contributed by atoms with Crippen LogP contribution in [0.5, 0.6) is 0 Å². The van der Waals surface area contributed by atoms with Crippen molar-refractivity contribution in [3.63, 3.8) is 0 Å². The molecule has 2 heterocycles. The predicted molar refractivity (Wildman–Crippen MR) is 88.4 cm³/mol. The van der Waals surface area contributed by atoms with E-state index in [-0.39, 0.29) is 11.8 Å². The van der Waals surface area contributed by atoms with Gasteiger partial charge in [0, 0.05) is 10.9 Å². The van der Waals surface area contributed by atoms with Crippen molar-refractivity contribution < 1.29 is 9.59 Å². The van der Waals surface area contributed by atoms with E-state index in [0.29, 0.717) is 16.8 Å². The fourth-order valence-electron chi connectivity index (χ4n) is 2.91. The van der Waals surface area contributed by atoms with Crippen LogP contribution in [0.25, 0.3) is 16.5 Å². The molecule has 3 aromatic rings. The maximum Gasteiger partial charge on any atom is 0.266 e. The number of nitrogens with one attached hydrogen (secondary N) is 1. The van der Waals surface area contributed by atoms with Crippen molar-refractivity contribution in [3.8, 4) is 0 Å². The monoisotopic (exact) mass is 303 g/mol. The van der Waals surface area contributed by atoms with E-state index in [0.717, 1.165) is 22.0 Å². The van der Waals surface area contributed by atoms with Crippen LogP contribution in [0.4, 0.5) is 5.69 Å². The number of anilines is 1. The minimum Gasteiger partial charge on any atom is -0.278 e. The van der Waals surface area contributed by atoms with Gasteiger partial charge in [0.05, 0.1) is 28.5 Å². The van der Waals surface area contributed by atoms with Crippen LogP contribution in [0.15, 0.2) is 49.2 Å². The standard InChI is InChI=1S/C18H13N3O2/c1-10(2)14-8-15-11(9-19-20-15)7-16(14)21-17(22)12-5-3-4-6-13(12)18(21)23/h3-9H,1H2,2H3,(H,19,20). The molecule has 1 aromatic heterocycles. The number of carbonyl (C=O) groups excluding carboxylic acids is 2. The first-order valence-electron chi connectivity index (χ1n) is 7.19. The fraction of sp³-hybridized carbons (Fsp3) is 0.0556. The molecule has 2 amide bonds. The summed E-state index contributed by atoms with van der Waals surface area (Å²) < 4.78 is 0. The maximum atomic E-state index is 12.7. The Morgan fingerprint density at radius 3 is 2.39 bits per heavy atom. The predicted octanol–water partition coefficient (Wildman–Crippen LogP) is 3.40. The zero-order valence-electron chi connectivity index (χ0n) is 12.5. The molecule has 5 nitrogen and oxygen atoms in total. The lowest BCUT2D eigenvalue weighted by atomic mass is 10.0. The Morgan fingerprint density at radius 1 is 1.13 bits per heavy atom. The lowest BCUT2D eigenvalue weighted by Crippen LogP contribution is -2.30. The highest BCUT2D eigenvalue weighted by Gasteiger charge is 2.37. The normalized spacial score (nSPS) is 13.7. The summed E-state index contributed by atoms with van der Waals surface area (Å²) in [7, 11) is 0. The Morgan fingerprint density at radius 2 is 1.78 bits per heavy atom. The second kappa shape index (κ2) is 4.64. The van der Waals surface area contributed by atoms with Gasteiger partial charge in [0.1, 0.15) is 0 Å². The van der Waals surface area contributed by atoms with Crippen molar-refractivity contribution >= 4 is 34.0 Å². The summed E-state index contributed by atoms with van der Waals surface area (Å²) in [6.07, 6.45) is 1.67. The number of hydrogen-bond acceptors (Lipinski definition) is 3. The van der Waals surface area contributed by atoms with Gasteiger partial charge in [-0.1, -0.05) is 18.7 Å². The van der Waals surface area contributed by atoms with E-state index < -0.39 is 0 Å². The largest absolute Gasteiger partial charge is 0.278 e. The molecule has 1 aliphatic heterocycles. The SMILES string of the molecule is C=C(C)c1cc2[nH]ncc2cc1N1C(=O)c2ccccc2C1=O. The molecule has 1 aliphatic rings. The zero-order chi connectivity index (χ0) is 16.1. The van der Waals surface area contributed by atoms with Gasteiger partial charge in [-0.05, 0) is 36.8 Å². The third-order valence-electron chi connectivity index (χ3n) is 4.05. The van der Waals surface area contributed by atoms with Crippen molar-refractivity contribution in [2.75, 3.05) is 4.90 Å². The first-order chi connectivity index (χ1) is 11.1. The second-order valence-corrected chi connectivity index (χ2v) is 5.60. The molecule has 0 aliphatic carbocycles. The highest BCUT2D eigenvalue weighted by Crippen LogP contribution is 2.35. The van der Waals surface area contributed by atoms with Crippen LogP contribution in [0.3, 0.4) is 0 Å². The number of H-pyrrole nitrogens is 1. The summed E-state index contributed by atoms with van der Waals surface area (Å²) in [5, 5.41) is 7.73. The average molecular weight is 303 g/mol. The lowest BCUT2D eigenvalue weighted by Gasteiger charge is -2.18. The second-order valence-electron chi connectivity index (χ2n) is 5.60. The molecule has 5 heteroatoms. The van der Waals surface area contributed by atoms with Gasteiger partial charge in [0.15, 0.2) is 0 Å². The first-order valence-corrected chi connectivity index (χ1v) is 7.19. The number of aromatic amines is 1. The van der Waals surface area contributed by atoms with Crippen molar-refractivity contribution in [2.24, 2.45) is 0 Å². The highest BCUT2D eigenvalue weighted by atomic mass is 16.2. The third-order valence-corrected chi connectivity index (χ3v) is 4.05. The fourth-order valence-corrected chi connectivity index (χ4v) is 2.91. The lowest BCUT2D eigenvalue weighted by molar-refractivity contribution is 0.0926. The maximum absolute atomic E-state index is 12.7. The molecule has 0 radical (unpaired) electrons. The van der Waals surface area contributed by atoms with Crippen LogP contribution in [-0.4, -0.2) is 22.0 Å². The van der Waals surface area contributed by atoms with Crippen LogP contribution in [0.2, 0.25) is 0 Å². The molecule has 0 atom stereocenters. The number of amides is 2. The highest BCUT2D eigenvalue weighted by molar-refractivity contribution is 6.35. The molecule has 0 saturated heterocycles. The van der Waals surface area contributed by atoms with Gasteiger partial charge in [0.2, 0.25) is 0 Å². The van der Waals surface area contributed by atoms with E-state index in [1.807, 2.05) is 13.0 Å². The minimum atomic E-state index is -0.309. The number of benzene rings is 2. The van der Waals surface area contributed by atoms with Crippen LogP contribution in [0, 0.1) is 0 Å². The molecule has 0 unspecified atom stereocenters. The van der Waals surface area contributed by atoms with Gasteiger partial charge in [-0.3, -0.25) is 14.7 Å². The van der Waals surface area contributed by atoms with Gasteiger partial charge in [-0.15, -0.1) is 0 Å². The third kappa shape index (κ3) is 1.83. The number of imide groups is 1. The summed E-state index contributed by atoms with van der Waals surface area (Å²) in [5.41, 5.74) is 3.75. The van der Waals surface area contributed by atoms with Crippen LogP contribution < -0.4 is 4.90 Å². The van der Waals surface area contributed by atoms with Gasteiger partial charge in [-0.25, -0.2) is 4.90 Å².